The highest BCUT2D eigenvalue weighted by Gasteiger charge is 2.30. The van der Waals surface area contributed by atoms with E-state index in [2.05, 4.69) is 10.2 Å². The summed E-state index contributed by atoms with van der Waals surface area (Å²) in [5, 5.41) is 8.55. The van der Waals surface area contributed by atoms with E-state index in [9.17, 15) is 9.59 Å². The second kappa shape index (κ2) is 9.03. The zero-order valence-electron chi connectivity index (χ0n) is 15.6. The number of carbonyl (C=O) groups excluding carboxylic acids is 2. The van der Waals surface area contributed by atoms with Crippen LogP contribution in [0.25, 0.3) is 5.69 Å². The monoisotopic (exact) mass is 388 g/mol. The maximum Gasteiger partial charge on any atom is 0.309 e. The van der Waals surface area contributed by atoms with Gasteiger partial charge < -0.3 is 9.64 Å². The van der Waals surface area contributed by atoms with Gasteiger partial charge >= 0.3 is 5.97 Å². The van der Waals surface area contributed by atoms with Crippen LogP contribution in [0.3, 0.4) is 0 Å². The molecule has 7 nitrogen and oxygen atoms in total. The van der Waals surface area contributed by atoms with E-state index in [0.29, 0.717) is 37.7 Å². The lowest BCUT2D eigenvalue weighted by Crippen LogP contribution is -2.43. The highest BCUT2D eigenvalue weighted by molar-refractivity contribution is 8.00. The molecule has 0 spiro atoms. The zero-order chi connectivity index (χ0) is 19.2. The summed E-state index contributed by atoms with van der Waals surface area (Å²) in [6.45, 7) is 5.25. The lowest BCUT2D eigenvalue weighted by atomic mass is 9.97. The molecule has 1 aromatic carbocycles. The minimum atomic E-state index is -0.282. The Morgan fingerprint density at radius 3 is 2.63 bits per heavy atom. The SMILES string of the molecule is CCOC(=O)C1CCN(C(=O)C(C)Sc2nncn2-c2ccccc2)CC1. The van der Waals surface area contributed by atoms with Crippen LogP contribution in [-0.2, 0) is 14.3 Å². The summed E-state index contributed by atoms with van der Waals surface area (Å²) in [4.78, 5) is 26.5. The predicted octanol–water partition coefficient (Wildman–Crippen LogP) is 2.55. The zero-order valence-corrected chi connectivity index (χ0v) is 16.4. The van der Waals surface area contributed by atoms with Crippen molar-refractivity contribution in [1.82, 2.24) is 19.7 Å². The third-order valence-corrected chi connectivity index (χ3v) is 5.65. The molecular formula is C19H24N4O3S. The predicted molar refractivity (Wildman–Crippen MR) is 103 cm³/mol. The molecule has 0 aliphatic carbocycles. The number of benzene rings is 1. The van der Waals surface area contributed by atoms with Crippen LogP contribution in [0.2, 0.25) is 0 Å². The van der Waals surface area contributed by atoms with Crippen LogP contribution in [0.1, 0.15) is 26.7 Å². The van der Waals surface area contributed by atoms with E-state index in [1.54, 1.807) is 6.33 Å². The highest BCUT2D eigenvalue weighted by atomic mass is 32.2. The van der Waals surface area contributed by atoms with Gasteiger partial charge in [-0.25, -0.2) is 0 Å². The van der Waals surface area contributed by atoms with Crippen LogP contribution < -0.4 is 0 Å². The average molecular weight is 388 g/mol. The molecule has 1 unspecified atom stereocenters. The maximum atomic E-state index is 12.8. The van der Waals surface area contributed by atoms with E-state index < -0.39 is 0 Å². The number of ether oxygens (including phenoxy) is 1. The minimum Gasteiger partial charge on any atom is -0.466 e. The first-order chi connectivity index (χ1) is 13.1. The van der Waals surface area contributed by atoms with Crippen molar-refractivity contribution >= 4 is 23.6 Å². The van der Waals surface area contributed by atoms with Gasteiger partial charge in [-0.05, 0) is 38.8 Å². The average Bonchev–Trinajstić information content (AvgIpc) is 3.16. The summed E-state index contributed by atoms with van der Waals surface area (Å²) in [5.41, 5.74) is 0.958. The molecule has 0 saturated carbocycles. The molecule has 2 heterocycles. The van der Waals surface area contributed by atoms with Gasteiger partial charge in [0.15, 0.2) is 5.16 Å². The summed E-state index contributed by atoms with van der Waals surface area (Å²) in [7, 11) is 0. The van der Waals surface area contributed by atoms with Crippen LogP contribution in [0.5, 0.6) is 0 Å². The van der Waals surface area contributed by atoms with Gasteiger partial charge in [-0.2, -0.15) is 0 Å². The Hall–Kier alpha value is -2.35. The van der Waals surface area contributed by atoms with Crippen LogP contribution in [0.4, 0.5) is 0 Å². The lowest BCUT2D eigenvalue weighted by Gasteiger charge is -2.32. The Labute approximate surface area is 163 Å². The van der Waals surface area contributed by atoms with Crippen molar-refractivity contribution in [3.63, 3.8) is 0 Å². The summed E-state index contributed by atoms with van der Waals surface area (Å²) in [6.07, 6.45) is 2.96. The number of carbonyl (C=O) groups is 2. The maximum absolute atomic E-state index is 12.8. The summed E-state index contributed by atoms with van der Waals surface area (Å²) in [6, 6.07) is 9.80. The highest BCUT2D eigenvalue weighted by Crippen LogP contribution is 2.27. The largest absolute Gasteiger partial charge is 0.466 e. The number of hydrogen-bond donors (Lipinski definition) is 0. The normalized spacial score (nSPS) is 16.1. The smallest absolute Gasteiger partial charge is 0.309 e. The molecule has 1 fully saturated rings. The van der Waals surface area contributed by atoms with Crippen LogP contribution >= 0.6 is 11.8 Å². The quantitative estimate of drug-likeness (QED) is 0.559. The molecule has 0 N–H and O–H groups in total. The molecule has 1 amide bonds. The second-order valence-electron chi connectivity index (χ2n) is 6.43. The number of hydrogen-bond acceptors (Lipinski definition) is 6. The van der Waals surface area contributed by atoms with Crippen molar-refractivity contribution in [2.45, 2.75) is 37.1 Å². The fourth-order valence-corrected chi connectivity index (χ4v) is 4.06. The first-order valence-electron chi connectivity index (χ1n) is 9.17. The van der Waals surface area contributed by atoms with Crippen LogP contribution in [-0.4, -0.2) is 56.5 Å². The molecular weight excluding hydrogens is 364 g/mol. The molecule has 3 rings (SSSR count). The van der Waals surface area contributed by atoms with Crippen molar-refractivity contribution < 1.29 is 14.3 Å². The number of amides is 1. The van der Waals surface area contributed by atoms with Crippen molar-refractivity contribution in [1.29, 1.82) is 0 Å². The molecule has 0 radical (unpaired) electrons. The van der Waals surface area contributed by atoms with Gasteiger partial charge in [0.1, 0.15) is 6.33 Å². The number of aromatic nitrogens is 3. The number of esters is 1. The Balaban J connectivity index is 1.58. The summed E-state index contributed by atoms with van der Waals surface area (Å²) >= 11 is 1.40. The standard InChI is InChI=1S/C19H24N4O3S/c1-3-26-18(25)15-9-11-22(12-10-15)17(24)14(2)27-19-21-20-13-23(19)16-7-5-4-6-8-16/h4-8,13-15H,3,9-12H2,1-2H3. The van der Waals surface area contributed by atoms with E-state index in [4.69, 9.17) is 4.74 Å². The molecule has 27 heavy (non-hydrogen) atoms. The number of piperidine rings is 1. The van der Waals surface area contributed by atoms with E-state index >= 15 is 0 Å². The summed E-state index contributed by atoms with van der Waals surface area (Å²) < 4.78 is 6.96. The molecule has 8 heteroatoms. The van der Waals surface area contributed by atoms with Crippen molar-refractivity contribution in [2.75, 3.05) is 19.7 Å². The fourth-order valence-electron chi connectivity index (χ4n) is 3.13. The second-order valence-corrected chi connectivity index (χ2v) is 7.74. The number of nitrogens with zero attached hydrogens (tertiary/aromatic N) is 4. The number of likely N-dealkylation sites (tertiary alicyclic amines) is 1. The lowest BCUT2D eigenvalue weighted by molar-refractivity contribution is -0.151. The molecule has 0 bridgehead atoms. The van der Waals surface area contributed by atoms with Gasteiger partial charge in [0.2, 0.25) is 5.91 Å². The van der Waals surface area contributed by atoms with Crippen molar-refractivity contribution in [3.8, 4) is 5.69 Å². The summed E-state index contributed by atoms with van der Waals surface area (Å²) in [5.74, 6) is -0.189. The van der Waals surface area contributed by atoms with E-state index in [1.807, 2.05) is 53.6 Å². The van der Waals surface area contributed by atoms with E-state index in [-0.39, 0.29) is 23.0 Å². The van der Waals surface area contributed by atoms with Crippen LogP contribution in [0, 0.1) is 5.92 Å². The topological polar surface area (TPSA) is 77.3 Å². The van der Waals surface area contributed by atoms with Gasteiger partial charge in [-0.1, -0.05) is 30.0 Å². The van der Waals surface area contributed by atoms with Crippen molar-refractivity contribution in [3.05, 3.63) is 36.7 Å². The molecule has 2 aromatic rings. The van der Waals surface area contributed by atoms with E-state index in [1.165, 1.54) is 11.8 Å². The first-order valence-corrected chi connectivity index (χ1v) is 10.1. The molecule has 1 aliphatic rings. The van der Waals surface area contributed by atoms with Crippen LogP contribution in [0.15, 0.2) is 41.8 Å². The third-order valence-electron chi connectivity index (χ3n) is 4.61. The number of para-hydroxylation sites is 1. The van der Waals surface area contributed by atoms with Gasteiger partial charge in [-0.15, -0.1) is 10.2 Å². The molecule has 1 aromatic heterocycles. The Morgan fingerprint density at radius 1 is 1.26 bits per heavy atom. The third kappa shape index (κ3) is 4.68. The first kappa shape index (κ1) is 19.4. The Morgan fingerprint density at radius 2 is 1.96 bits per heavy atom. The Kier molecular flexibility index (Phi) is 6.49. The fraction of sp³-hybridized carbons (Fsp3) is 0.474. The molecule has 1 atom stereocenters. The molecule has 1 aliphatic heterocycles. The number of thioether (sulfide) groups is 1. The molecule has 144 valence electrons. The van der Waals surface area contributed by atoms with E-state index in [0.717, 1.165) is 5.69 Å². The number of rotatable bonds is 6. The van der Waals surface area contributed by atoms with Gasteiger partial charge in [-0.3, -0.25) is 14.2 Å². The molecule has 1 saturated heterocycles. The minimum absolute atomic E-state index is 0.0601. The van der Waals surface area contributed by atoms with Gasteiger partial charge in [0.25, 0.3) is 0 Å². The van der Waals surface area contributed by atoms with Crippen molar-refractivity contribution in [2.24, 2.45) is 5.92 Å². The van der Waals surface area contributed by atoms with Gasteiger partial charge in [0, 0.05) is 18.8 Å². The Bertz CT molecular complexity index is 772. The van der Waals surface area contributed by atoms with Gasteiger partial charge in [0.05, 0.1) is 17.8 Å².